The topological polar surface area (TPSA) is 209 Å². The van der Waals surface area contributed by atoms with Gasteiger partial charge in [0.15, 0.2) is 0 Å². The zero-order chi connectivity index (χ0) is 37.7. The lowest BCUT2D eigenvalue weighted by molar-refractivity contribution is 0.0177. The van der Waals surface area contributed by atoms with E-state index in [-0.39, 0.29) is 48.1 Å². The molecule has 52 heavy (non-hydrogen) atoms. The molecule has 14 nitrogen and oxygen atoms in total. The molecule has 0 unspecified atom stereocenters. The summed E-state index contributed by atoms with van der Waals surface area (Å²) >= 11 is 0. The molecule has 0 spiro atoms. The average molecular weight is 719 g/mol. The number of benzene rings is 3. The second-order valence-electron chi connectivity index (χ2n) is 14.0. The fourth-order valence-electron chi connectivity index (χ4n) is 6.24. The van der Waals surface area contributed by atoms with Gasteiger partial charge in [0.1, 0.15) is 40.3 Å². The molecular formula is C38H42N2O12. The number of rotatable bonds is 9. The Labute approximate surface area is 299 Å². The van der Waals surface area contributed by atoms with E-state index in [0.717, 1.165) is 44.2 Å². The van der Waals surface area contributed by atoms with E-state index in [9.17, 15) is 44.4 Å². The molecule has 1 saturated heterocycles. The monoisotopic (exact) mass is 718 g/mol. The molecule has 1 aliphatic heterocycles. The Bertz CT molecular complexity index is 1820. The van der Waals surface area contributed by atoms with E-state index >= 15 is 0 Å². The highest BCUT2D eigenvalue weighted by atomic mass is 16.6. The molecule has 5 rings (SSSR count). The predicted octanol–water partition coefficient (Wildman–Crippen LogP) is 5.05. The minimum Gasteiger partial charge on any atom is -0.508 e. The zero-order valence-corrected chi connectivity index (χ0v) is 29.1. The van der Waals surface area contributed by atoms with Crippen molar-refractivity contribution in [3.63, 3.8) is 0 Å². The second kappa shape index (κ2) is 15.6. The van der Waals surface area contributed by atoms with Crippen LogP contribution in [0.5, 0.6) is 23.0 Å². The minimum atomic E-state index is -1.12. The first-order chi connectivity index (χ1) is 24.6. The van der Waals surface area contributed by atoms with Crippen molar-refractivity contribution in [1.29, 1.82) is 0 Å². The molecule has 5 N–H and O–H groups in total. The van der Waals surface area contributed by atoms with Gasteiger partial charge in [-0.05, 0) is 88.1 Å². The van der Waals surface area contributed by atoms with Crippen molar-refractivity contribution in [2.45, 2.75) is 70.6 Å². The van der Waals surface area contributed by atoms with E-state index in [1.54, 1.807) is 20.8 Å². The number of amides is 2. The van der Waals surface area contributed by atoms with Crippen LogP contribution in [0.1, 0.15) is 99.9 Å². The normalized spacial score (nSPS) is 17.6. The Balaban J connectivity index is 1.35. The van der Waals surface area contributed by atoms with E-state index in [4.69, 9.17) is 14.2 Å². The SMILES string of the molecule is CC(C)(C)OC(=O)N1C[C@H](NC(=O)c2ccc(O)cc2)[C@@H](OC(=O)c2cc(O)c(C(=O)c3c(O)cccc3C(=O)OCC3CCCCC3)c(O)c2)C1. The first-order valence-corrected chi connectivity index (χ1v) is 17.0. The van der Waals surface area contributed by atoms with Crippen LogP contribution < -0.4 is 5.32 Å². The van der Waals surface area contributed by atoms with Crippen molar-refractivity contribution in [3.8, 4) is 23.0 Å². The van der Waals surface area contributed by atoms with Crippen LogP contribution in [0.4, 0.5) is 4.79 Å². The number of nitrogens with one attached hydrogen (secondary N) is 1. The number of carbonyl (C=O) groups excluding carboxylic acids is 5. The molecule has 2 fully saturated rings. The molecule has 0 bridgehead atoms. The van der Waals surface area contributed by atoms with Gasteiger partial charge >= 0.3 is 18.0 Å². The van der Waals surface area contributed by atoms with Gasteiger partial charge in [0.2, 0.25) is 5.78 Å². The van der Waals surface area contributed by atoms with Gasteiger partial charge in [-0.25, -0.2) is 14.4 Å². The number of hydrogen-bond donors (Lipinski definition) is 5. The number of phenolic OH excluding ortho intramolecular Hbond substituents is 4. The van der Waals surface area contributed by atoms with Gasteiger partial charge in [-0.1, -0.05) is 25.3 Å². The molecule has 0 aromatic heterocycles. The molecule has 1 heterocycles. The van der Waals surface area contributed by atoms with E-state index < -0.39 is 75.8 Å². The van der Waals surface area contributed by atoms with Crippen LogP contribution in [0.2, 0.25) is 0 Å². The molecule has 2 amide bonds. The van der Waals surface area contributed by atoms with Crippen molar-refractivity contribution >= 4 is 29.7 Å². The molecule has 0 radical (unpaired) electrons. The Hall–Kier alpha value is -5.79. The lowest BCUT2D eigenvalue weighted by Crippen LogP contribution is -2.44. The predicted molar refractivity (Wildman–Crippen MR) is 185 cm³/mol. The number of carbonyl (C=O) groups is 5. The third-order valence-electron chi connectivity index (χ3n) is 8.85. The van der Waals surface area contributed by atoms with Crippen LogP contribution in [0.25, 0.3) is 0 Å². The smallest absolute Gasteiger partial charge is 0.410 e. The average Bonchev–Trinajstić information content (AvgIpc) is 3.48. The molecule has 14 heteroatoms. The van der Waals surface area contributed by atoms with Crippen molar-refractivity contribution < 1.29 is 58.6 Å². The van der Waals surface area contributed by atoms with E-state index in [0.29, 0.717) is 0 Å². The van der Waals surface area contributed by atoms with Crippen molar-refractivity contribution in [2.75, 3.05) is 19.7 Å². The summed E-state index contributed by atoms with van der Waals surface area (Å²) in [7, 11) is 0. The first-order valence-electron chi connectivity index (χ1n) is 17.0. The van der Waals surface area contributed by atoms with Crippen LogP contribution in [0, 0.1) is 5.92 Å². The van der Waals surface area contributed by atoms with Crippen LogP contribution >= 0.6 is 0 Å². The van der Waals surface area contributed by atoms with Crippen LogP contribution in [-0.2, 0) is 14.2 Å². The summed E-state index contributed by atoms with van der Waals surface area (Å²) in [5, 5.41) is 44.8. The third-order valence-corrected chi connectivity index (χ3v) is 8.85. The number of ether oxygens (including phenoxy) is 3. The number of ketones is 1. The van der Waals surface area contributed by atoms with Gasteiger partial charge in [-0.2, -0.15) is 0 Å². The molecule has 276 valence electrons. The molecule has 3 aromatic rings. The highest BCUT2D eigenvalue weighted by Crippen LogP contribution is 2.35. The highest BCUT2D eigenvalue weighted by Gasteiger charge is 2.41. The fourth-order valence-corrected chi connectivity index (χ4v) is 6.24. The van der Waals surface area contributed by atoms with Gasteiger partial charge in [0.05, 0.1) is 35.9 Å². The number of hydrogen-bond acceptors (Lipinski definition) is 12. The summed E-state index contributed by atoms with van der Waals surface area (Å²) in [4.78, 5) is 67.3. The summed E-state index contributed by atoms with van der Waals surface area (Å²) in [6.45, 7) is 4.92. The maximum Gasteiger partial charge on any atom is 0.410 e. The molecular weight excluding hydrogens is 676 g/mol. The Morgan fingerprint density at radius 2 is 1.44 bits per heavy atom. The Morgan fingerprint density at radius 3 is 2.08 bits per heavy atom. The van der Waals surface area contributed by atoms with Gasteiger partial charge in [0, 0.05) is 12.1 Å². The van der Waals surface area contributed by atoms with Crippen LogP contribution in [0.3, 0.4) is 0 Å². The maximum atomic E-state index is 13.7. The van der Waals surface area contributed by atoms with Gasteiger partial charge in [-0.3, -0.25) is 9.59 Å². The summed E-state index contributed by atoms with van der Waals surface area (Å²) in [6.07, 6.45) is 3.17. The van der Waals surface area contributed by atoms with Crippen molar-refractivity contribution in [1.82, 2.24) is 10.2 Å². The second-order valence-corrected chi connectivity index (χ2v) is 14.0. The molecule has 1 saturated carbocycles. The lowest BCUT2D eigenvalue weighted by atomic mass is 9.90. The molecule has 2 aliphatic rings. The number of phenols is 4. The van der Waals surface area contributed by atoms with E-state index in [1.807, 2.05) is 0 Å². The van der Waals surface area contributed by atoms with Gasteiger partial charge < -0.3 is 44.9 Å². The molecule has 1 aliphatic carbocycles. The summed E-state index contributed by atoms with van der Waals surface area (Å²) in [6, 6.07) is 10.1. The maximum absolute atomic E-state index is 13.7. The van der Waals surface area contributed by atoms with Crippen LogP contribution in [-0.4, -0.2) is 92.5 Å². The van der Waals surface area contributed by atoms with Gasteiger partial charge in [0.25, 0.3) is 5.91 Å². The largest absolute Gasteiger partial charge is 0.508 e. The van der Waals surface area contributed by atoms with E-state index in [2.05, 4.69) is 5.32 Å². The lowest BCUT2D eigenvalue weighted by Gasteiger charge is -2.24. The molecule has 3 aromatic carbocycles. The number of likely N-dealkylation sites (tertiary alicyclic amines) is 1. The minimum absolute atomic E-state index is 0.0482. The Kier molecular flexibility index (Phi) is 11.3. The summed E-state index contributed by atoms with van der Waals surface area (Å²) < 4.78 is 16.6. The first kappa shape index (κ1) is 37.5. The van der Waals surface area contributed by atoms with E-state index in [1.165, 1.54) is 47.4 Å². The third kappa shape index (κ3) is 8.92. The standard InChI is InChI=1S/C38H42N2O12/c1-38(2,3)52-37(49)40-18-26(39-34(46)22-12-14-24(41)15-13-22)30(19-40)51-35(47)23-16-28(43)32(29(44)17-23)33(45)31-25(10-7-11-27(31)42)36(48)50-20-21-8-5-4-6-9-21/h7,10-17,21,26,30,41-44H,4-6,8-9,18-20H2,1-3H3,(H,39,46)/t26-,30-/m0/s1. The van der Waals surface area contributed by atoms with Gasteiger partial charge in [-0.15, -0.1) is 0 Å². The fraction of sp³-hybridized carbons (Fsp3) is 0.395. The quantitative estimate of drug-likeness (QED) is 0.112. The van der Waals surface area contributed by atoms with Crippen molar-refractivity contribution in [3.05, 3.63) is 82.4 Å². The summed E-state index contributed by atoms with van der Waals surface area (Å²) in [5.41, 5.74) is -2.47. The summed E-state index contributed by atoms with van der Waals surface area (Å²) in [5.74, 6) is -5.74. The number of esters is 2. The highest BCUT2D eigenvalue weighted by molar-refractivity contribution is 6.18. The van der Waals surface area contributed by atoms with Crippen LogP contribution in [0.15, 0.2) is 54.6 Å². The Morgan fingerprint density at radius 1 is 0.788 bits per heavy atom. The molecule has 2 atom stereocenters. The number of nitrogens with zero attached hydrogens (tertiary/aromatic N) is 1. The zero-order valence-electron chi connectivity index (χ0n) is 29.1. The van der Waals surface area contributed by atoms with Crippen molar-refractivity contribution in [2.24, 2.45) is 5.92 Å². The number of aromatic hydroxyl groups is 4.